The Kier molecular flexibility index (Phi) is 4.00. The van der Waals surface area contributed by atoms with E-state index in [1.54, 1.807) is 29.6 Å². The lowest BCUT2D eigenvalue weighted by Crippen LogP contribution is -2.24. The molecule has 0 atom stereocenters. The zero-order valence-electron chi connectivity index (χ0n) is 13.8. The van der Waals surface area contributed by atoms with E-state index in [4.69, 9.17) is 0 Å². The number of anilines is 1. The van der Waals surface area contributed by atoms with Crippen LogP contribution in [0.1, 0.15) is 24.6 Å². The fourth-order valence-electron chi connectivity index (χ4n) is 2.66. The van der Waals surface area contributed by atoms with Gasteiger partial charge in [0.2, 0.25) is 5.91 Å². The molecule has 1 amide bonds. The Bertz CT molecular complexity index is 967. The van der Waals surface area contributed by atoms with E-state index in [1.165, 1.54) is 0 Å². The van der Waals surface area contributed by atoms with Crippen LogP contribution in [0.15, 0.2) is 36.5 Å². The molecule has 3 aromatic rings. The number of fused-ring (bicyclic) bond motifs is 1. The molecule has 2 aromatic heterocycles. The second kappa shape index (κ2) is 6.13. The van der Waals surface area contributed by atoms with E-state index < -0.39 is 0 Å². The fourth-order valence-corrected chi connectivity index (χ4v) is 2.66. The summed E-state index contributed by atoms with van der Waals surface area (Å²) in [6, 6.07) is 11.7. The van der Waals surface area contributed by atoms with Crippen molar-refractivity contribution in [2.75, 3.05) is 11.9 Å². The van der Waals surface area contributed by atoms with Crippen LogP contribution in [0.2, 0.25) is 0 Å². The predicted octanol–water partition coefficient (Wildman–Crippen LogP) is 2.95. The molecule has 0 aliphatic heterocycles. The van der Waals surface area contributed by atoms with E-state index in [-0.39, 0.29) is 5.91 Å². The van der Waals surface area contributed by atoms with Gasteiger partial charge in [-0.15, -0.1) is 0 Å². The van der Waals surface area contributed by atoms with Crippen molar-refractivity contribution in [3.05, 3.63) is 47.8 Å². The van der Waals surface area contributed by atoms with E-state index >= 15 is 0 Å². The molecule has 0 saturated carbocycles. The third-order valence-corrected chi connectivity index (χ3v) is 4.01. The second-order valence-corrected chi connectivity index (χ2v) is 5.49. The molecule has 0 N–H and O–H groups in total. The minimum atomic E-state index is 0.0497. The van der Waals surface area contributed by atoms with Gasteiger partial charge in [-0.05, 0) is 25.1 Å². The number of aromatic nitrogens is 3. The third kappa shape index (κ3) is 2.50. The lowest BCUT2D eigenvalue weighted by atomic mass is 10.1. The lowest BCUT2D eigenvalue weighted by Gasteiger charge is -2.17. The average Bonchev–Trinajstić information content (AvgIpc) is 2.95. The summed E-state index contributed by atoms with van der Waals surface area (Å²) in [6.07, 6.45) is 2.12. The summed E-state index contributed by atoms with van der Waals surface area (Å²) in [6.45, 7) is 3.63. The largest absolute Gasteiger partial charge is 0.315 e. The number of carbonyl (C=O) groups is 1. The van der Waals surface area contributed by atoms with Gasteiger partial charge in [-0.2, -0.15) is 10.4 Å². The molecule has 0 aliphatic carbocycles. The fraction of sp³-hybridized carbons (Fsp3) is 0.222. The van der Waals surface area contributed by atoms with E-state index in [0.29, 0.717) is 23.3 Å². The summed E-state index contributed by atoms with van der Waals surface area (Å²) in [5.41, 5.74) is 4.20. The highest BCUT2D eigenvalue weighted by Crippen LogP contribution is 2.26. The van der Waals surface area contributed by atoms with Crippen molar-refractivity contribution in [2.45, 2.75) is 20.3 Å². The van der Waals surface area contributed by atoms with Crippen molar-refractivity contribution in [3.8, 4) is 17.3 Å². The van der Waals surface area contributed by atoms with Gasteiger partial charge in [-0.3, -0.25) is 4.79 Å². The van der Waals surface area contributed by atoms with Gasteiger partial charge < -0.3 is 4.90 Å². The molecule has 0 saturated heterocycles. The normalized spacial score (nSPS) is 10.6. The van der Waals surface area contributed by atoms with Crippen molar-refractivity contribution >= 4 is 17.2 Å². The number of hydrogen-bond acceptors (Lipinski definition) is 4. The Labute approximate surface area is 140 Å². The van der Waals surface area contributed by atoms with Gasteiger partial charge in [-0.25, -0.2) is 9.50 Å². The minimum absolute atomic E-state index is 0.0497. The first kappa shape index (κ1) is 15.7. The molecular weight excluding hydrogens is 302 g/mol. The van der Waals surface area contributed by atoms with Gasteiger partial charge in [0.05, 0.1) is 11.4 Å². The van der Waals surface area contributed by atoms with Crippen LogP contribution in [0.4, 0.5) is 5.69 Å². The van der Waals surface area contributed by atoms with E-state index in [2.05, 4.69) is 16.2 Å². The maximum absolute atomic E-state index is 11.9. The van der Waals surface area contributed by atoms with Crippen molar-refractivity contribution in [3.63, 3.8) is 0 Å². The molecule has 0 radical (unpaired) electrons. The molecular formula is C18H17N5O. The van der Waals surface area contributed by atoms with Crippen LogP contribution in [0.25, 0.3) is 16.9 Å². The second-order valence-electron chi connectivity index (χ2n) is 5.49. The monoisotopic (exact) mass is 319 g/mol. The molecule has 6 nitrogen and oxygen atoms in total. The van der Waals surface area contributed by atoms with Crippen molar-refractivity contribution in [2.24, 2.45) is 0 Å². The Hall–Kier alpha value is -3.20. The van der Waals surface area contributed by atoms with Gasteiger partial charge in [0.15, 0.2) is 5.65 Å². The molecule has 120 valence electrons. The Balaban J connectivity index is 2.15. The quantitative estimate of drug-likeness (QED) is 0.744. The first-order chi connectivity index (χ1) is 11.6. The van der Waals surface area contributed by atoms with Crippen LogP contribution in [0, 0.1) is 18.3 Å². The number of aryl methyl sites for hydroxylation is 1. The number of carbonyl (C=O) groups excluding carboxylic acids is 1. The standard InChI is InChI=1S/C18H17N5O/c1-4-17(24)22(3)14-7-5-6-13(10-14)16-8-9-20-18-15(11-19)12(2)21-23(16)18/h5-10H,4H2,1-3H3. The number of hydrogen-bond donors (Lipinski definition) is 0. The van der Waals surface area contributed by atoms with E-state index in [1.807, 2.05) is 37.3 Å². The molecule has 24 heavy (non-hydrogen) atoms. The SMILES string of the molecule is CCC(=O)N(C)c1cccc(-c2ccnc3c(C#N)c(C)nn23)c1. The summed E-state index contributed by atoms with van der Waals surface area (Å²) < 4.78 is 1.68. The minimum Gasteiger partial charge on any atom is -0.315 e. The number of amides is 1. The van der Waals surface area contributed by atoms with Crippen LogP contribution in [0.5, 0.6) is 0 Å². The van der Waals surface area contributed by atoms with Gasteiger partial charge in [0.25, 0.3) is 0 Å². The maximum Gasteiger partial charge on any atom is 0.226 e. The summed E-state index contributed by atoms with van der Waals surface area (Å²) in [4.78, 5) is 17.8. The van der Waals surface area contributed by atoms with Gasteiger partial charge in [0.1, 0.15) is 11.6 Å². The predicted molar refractivity (Wildman–Crippen MR) is 91.6 cm³/mol. The van der Waals surface area contributed by atoms with Crippen molar-refractivity contribution in [1.29, 1.82) is 5.26 Å². The van der Waals surface area contributed by atoms with Crippen LogP contribution in [-0.4, -0.2) is 27.6 Å². The summed E-state index contributed by atoms with van der Waals surface area (Å²) >= 11 is 0. The Morgan fingerprint density at radius 2 is 2.17 bits per heavy atom. The first-order valence-electron chi connectivity index (χ1n) is 7.68. The highest BCUT2D eigenvalue weighted by atomic mass is 16.2. The number of rotatable bonds is 3. The number of nitrogens with zero attached hydrogens (tertiary/aromatic N) is 5. The van der Waals surface area contributed by atoms with Crippen molar-refractivity contribution in [1.82, 2.24) is 14.6 Å². The summed E-state index contributed by atoms with van der Waals surface area (Å²) in [7, 11) is 1.76. The van der Waals surface area contributed by atoms with Crippen LogP contribution in [-0.2, 0) is 4.79 Å². The smallest absolute Gasteiger partial charge is 0.226 e. The van der Waals surface area contributed by atoms with Gasteiger partial charge >= 0.3 is 0 Å². The topological polar surface area (TPSA) is 74.3 Å². The molecule has 0 unspecified atom stereocenters. The maximum atomic E-state index is 11.9. The van der Waals surface area contributed by atoms with Gasteiger partial charge in [0, 0.05) is 30.9 Å². The number of nitriles is 1. The molecule has 0 spiro atoms. The third-order valence-electron chi connectivity index (χ3n) is 4.01. The molecule has 1 aromatic carbocycles. The zero-order chi connectivity index (χ0) is 17.3. The molecule has 2 heterocycles. The molecule has 6 heteroatoms. The number of benzene rings is 1. The lowest BCUT2D eigenvalue weighted by molar-refractivity contribution is -0.118. The van der Waals surface area contributed by atoms with E-state index in [9.17, 15) is 10.1 Å². The van der Waals surface area contributed by atoms with E-state index in [0.717, 1.165) is 16.9 Å². The highest BCUT2D eigenvalue weighted by molar-refractivity contribution is 5.93. The average molecular weight is 319 g/mol. The van der Waals surface area contributed by atoms with Crippen molar-refractivity contribution < 1.29 is 4.79 Å². The highest BCUT2D eigenvalue weighted by Gasteiger charge is 2.15. The molecule has 0 bridgehead atoms. The Morgan fingerprint density at radius 3 is 2.88 bits per heavy atom. The zero-order valence-corrected chi connectivity index (χ0v) is 13.8. The van der Waals surface area contributed by atoms with Crippen LogP contribution in [0.3, 0.4) is 0 Å². The molecule has 0 aliphatic rings. The molecule has 3 rings (SSSR count). The Morgan fingerprint density at radius 1 is 1.38 bits per heavy atom. The summed E-state index contributed by atoms with van der Waals surface area (Å²) in [5, 5.41) is 13.7. The molecule has 0 fully saturated rings. The van der Waals surface area contributed by atoms with Gasteiger partial charge in [-0.1, -0.05) is 19.1 Å². The van der Waals surface area contributed by atoms with Crippen LogP contribution < -0.4 is 4.90 Å². The summed E-state index contributed by atoms with van der Waals surface area (Å²) in [5.74, 6) is 0.0497. The van der Waals surface area contributed by atoms with Crippen LogP contribution >= 0.6 is 0 Å². The first-order valence-corrected chi connectivity index (χ1v) is 7.68.